The summed E-state index contributed by atoms with van der Waals surface area (Å²) in [5.74, 6) is 0.638. The highest BCUT2D eigenvalue weighted by Gasteiger charge is 2.28. The van der Waals surface area contributed by atoms with Crippen LogP contribution < -0.4 is 0 Å². The van der Waals surface area contributed by atoms with E-state index in [4.69, 9.17) is 0 Å². The summed E-state index contributed by atoms with van der Waals surface area (Å²) < 4.78 is 11.1. The molecule has 0 aliphatic heterocycles. The highest BCUT2D eigenvalue weighted by molar-refractivity contribution is 7.92. The van der Waals surface area contributed by atoms with Crippen LogP contribution in [0.4, 0.5) is 0 Å². The van der Waals surface area contributed by atoms with E-state index >= 15 is 0 Å². The maximum absolute atomic E-state index is 11.1. The molecule has 62 valence electrons. The molecule has 0 aromatic rings. The molecule has 1 atom stereocenters. The molecule has 2 heteroatoms. The molecule has 0 radical (unpaired) electrons. The van der Waals surface area contributed by atoms with Crippen LogP contribution in [0.5, 0.6) is 0 Å². The van der Waals surface area contributed by atoms with Crippen molar-refractivity contribution in [3.63, 3.8) is 0 Å². The fourth-order valence-corrected chi connectivity index (χ4v) is 1.67. The van der Waals surface area contributed by atoms with Crippen molar-refractivity contribution in [2.45, 2.75) is 38.9 Å². The van der Waals surface area contributed by atoms with Crippen molar-refractivity contribution in [2.75, 3.05) is 6.26 Å². The third-order valence-corrected chi connectivity index (χ3v) is 3.40. The number of hydrogen-bond donors (Lipinski definition) is 0. The molecule has 0 bridgehead atoms. The second kappa shape index (κ2) is 3.63. The summed E-state index contributed by atoms with van der Waals surface area (Å²) in [6.45, 7) is 8.44. The summed E-state index contributed by atoms with van der Waals surface area (Å²) in [6, 6.07) is 0. The fraction of sp³-hybridized carbons (Fsp3) is 1.00. The lowest BCUT2D eigenvalue weighted by atomic mass is 10.0. The predicted molar refractivity (Wildman–Crippen MR) is 47.6 cm³/mol. The van der Waals surface area contributed by atoms with E-state index in [2.05, 4.69) is 27.7 Å². The molecule has 0 spiro atoms. The summed E-state index contributed by atoms with van der Waals surface area (Å²) in [7, 11) is 0. The van der Waals surface area contributed by atoms with E-state index in [9.17, 15) is 4.55 Å². The third kappa shape index (κ3) is 3.47. The summed E-state index contributed by atoms with van der Waals surface area (Å²) in [6.07, 6.45) is 2.82. The minimum Gasteiger partial charge on any atom is -0.616 e. The van der Waals surface area contributed by atoms with E-state index in [0.717, 1.165) is 6.42 Å². The fourth-order valence-electron chi connectivity index (χ4n) is 1.10. The monoisotopic (exact) mass is 162 g/mol. The highest BCUT2D eigenvalue weighted by Crippen LogP contribution is 2.23. The molecule has 0 amide bonds. The molecule has 0 aromatic heterocycles. The van der Waals surface area contributed by atoms with E-state index in [1.807, 2.05) is 0 Å². The first-order chi connectivity index (χ1) is 4.36. The van der Waals surface area contributed by atoms with E-state index in [1.54, 1.807) is 6.26 Å². The van der Waals surface area contributed by atoms with Gasteiger partial charge in [0, 0.05) is 0 Å². The van der Waals surface area contributed by atoms with Gasteiger partial charge in [-0.25, -0.2) is 0 Å². The van der Waals surface area contributed by atoms with Crippen LogP contribution in [0.25, 0.3) is 0 Å². The Morgan fingerprint density at radius 3 is 1.90 bits per heavy atom. The van der Waals surface area contributed by atoms with Crippen LogP contribution in [-0.2, 0) is 11.2 Å². The van der Waals surface area contributed by atoms with Gasteiger partial charge in [0.15, 0.2) is 0 Å². The summed E-state index contributed by atoms with van der Waals surface area (Å²) in [5.41, 5.74) is 0. The van der Waals surface area contributed by atoms with Crippen LogP contribution in [0.2, 0.25) is 0 Å². The number of rotatable bonds is 3. The molecule has 0 saturated heterocycles. The van der Waals surface area contributed by atoms with Crippen LogP contribution in [0.3, 0.4) is 0 Å². The van der Waals surface area contributed by atoms with E-state index in [-0.39, 0.29) is 4.75 Å². The maximum atomic E-state index is 11.1. The van der Waals surface area contributed by atoms with Crippen molar-refractivity contribution in [3.8, 4) is 0 Å². The minimum absolute atomic E-state index is 0.00579. The van der Waals surface area contributed by atoms with Gasteiger partial charge in [-0.3, -0.25) is 0 Å². The Kier molecular flexibility index (Phi) is 3.74. The Bertz CT molecular complexity index is 97.4. The van der Waals surface area contributed by atoms with Gasteiger partial charge in [-0.05, 0) is 26.2 Å². The zero-order valence-corrected chi connectivity index (χ0v) is 8.42. The summed E-state index contributed by atoms with van der Waals surface area (Å²) in [4.78, 5) is 0. The smallest absolute Gasteiger partial charge is 0.120 e. The molecule has 0 rings (SSSR count). The second-order valence-corrected chi connectivity index (χ2v) is 5.83. The first kappa shape index (κ1) is 10.3. The molecule has 0 aliphatic rings. The molecule has 0 fully saturated rings. The lowest BCUT2D eigenvalue weighted by Crippen LogP contribution is -2.32. The Hall–Kier alpha value is 0.310. The van der Waals surface area contributed by atoms with E-state index in [1.165, 1.54) is 0 Å². The lowest BCUT2D eigenvalue weighted by molar-refractivity contribution is 0.466. The van der Waals surface area contributed by atoms with Crippen molar-refractivity contribution >= 4 is 11.2 Å². The van der Waals surface area contributed by atoms with Gasteiger partial charge < -0.3 is 4.55 Å². The second-order valence-electron chi connectivity index (χ2n) is 3.81. The SMILES string of the molecule is CC(C)CC(C)(C)[S+](C)[O-]. The lowest BCUT2D eigenvalue weighted by Gasteiger charge is -2.27. The first-order valence-electron chi connectivity index (χ1n) is 3.70. The molecule has 0 saturated carbocycles. The number of hydrogen-bond acceptors (Lipinski definition) is 1. The van der Waals surface area contributed by atoms with Gasteiger partial charge in [0.2, 0.25) is 0 Å². The molecular formula is C8H18OS. The maximum Gasteiger partial charge on any atom is 0.120 e. The standard InChI is InChI=1S/C8H18OS/c1-7(2)6-8(3,4)10(5)9/h7H,6H2,1-5H3. The largest absolute Gasteiger partial charge is 0.616 e. The molecule has 0 aromatic carbocycles. The van der Waals surface area contributed by atoms with E-state index in [0.29, 0.717) is 5.92 Å². The normalized spacial score (nSPS) is 15.9. The van der Waals surface area contributed by atoms with Gasteiger partial charge in [-0.15, -0.1) is 0 Å². The van der Waals surface area contributed by atoms with Gasteiger partial charge >= 0.3 is 0 Å². The average Bonchev–Trinajstić information content (AvgIpc) is 1.60. The van der Waals surface area contributed by atoms with Gasteiger partial charge in [0.25, 0.3) is 0 Å². The van der Waals surface area contributed by atoms with Crippen LogP contribution in [-0.4, -0.2) is 15.6 Å². The molecule has 0 aliphatic carbocycles. The zero-order valence-electron chi connectivity index (χ0n) is 7.60. The third-order valence-electron chi connectivity index (χ3n) is 1.68. The van der Waals surface area contributed by atoms with Crippen molar-refractivity contribution < 1.29 is 4.55 Å². The van der Waals surface area contributed by atoms with Gasteiger partial charge in [-0.2, -0.15) is 0 Å². The van der Waals surface area contributed by atoms with Crippen molar-refractivity contribution in [3.05, 3.63) is 0 Å². The minimum atomic E-state index is -0.696. The van der Waals surface area contributed by atoms with Crippen molar-refractivity contribution in [1.82, 2.24) is 0 Å². The van der Waals surface area contributed by atoms with Crippen LogP contribution in [0.15, 0.2) is 0 Å². The van der Waals surface area contributed by atoms with Gasteiger partial charge in [0.05, 0.1) is 6.26 Å². The van der Waals surface area contributed by atoms with Gasteiger partial charge in [0.1, 0.15) is 4.75 Å². The Labute approximate surface area is 67.4 Å². The molecule has 0 N–H and O–H groups in total. The zero-order chi connectivity index (χ0) is 8.36. The molecule has 1 unspecified atom stereocenters. The molecule has 0 heterocycles. The average molecular weight is 162 g/mol. The topological polar surface area (TPSA) is 23.1 Å². The Morgan fingerprint density at radius 1 is 1.40 bits per heavy atom. The van der Waals surface area contributed by atoms with Crippen molar-refractivity contribution in [2.24, 2.45) is 5.92 Å². The highest BCUT2D eigenvalue weighted by atomic mass is 32.2. The Morgan fingerprint density at radius 2 is 1.80 bits per heavy atom. The van der Waals surface area contributed by atoms with Crippen molar-refractivity contribution in [1.29, 1.82) is 0 Å². The predicted octanol–water partition coefficient (Wildman–Crippen LogP) is 2.19. The summed E-state index contributed by atoms with van der Waals surface area (Å²) in [5, 5.41) is 0. The summed E-state index contributed by atoms with van der Waals surface area (Å²) >= 11 is -0.696. The first-order valence-corrected chi connectivity index (χ1v) is 5.25. The van der Waals surface area contributed by atoms with Crippen LogP contribution >= 0.6 is 0 Å². The van der Waals surface area contributed by atoms with Crippen LogP contribution in [0, 0.1) is 5.92 Å². The molecule has 10 heavy (non-hydrogen) atoms. The quantitative estimate of drug-likeness (QED) is 0.583. The molecule has 1 nitrogen and oxygen atoms in total. The molecular weight excluding hydrogens is 144 g/mol. The van der Waals surface area contributed by atoms with E-state index < -0.39 is 11.2 Å². The Balaban J connectivity index is 3.87. The van der Waals surface area contributed by atoms with Crippen LogP contribution in [0.1, 0.15) is 34.1 Å². The van der Waals surface area contributed by atoms with Gasteiger partial charge in [-0.1, -0.05) is 25.0 Å².